The first kappa shape index (κ1) is 15.7. The van der Waals surface area contributed by atoms with Crippen molar-refractivity contribution in [3.63, 3.8) is 0 Å². The fraction of sp³-hybridized carbons (Fsp3) is 0.917. The van der Waals surface area contributed by atoms with E-state index in [1.54, 1.807) is 0 Å². The number of hydrogen-bond donors (Lipinski definition) is 2. The van der Waals surface area contributed by atoms with Crippen LogP contribution in [0.15, 0.2) is 0 Å². The van der Waals surface area contributed by atoms with Gasteiger partial charge in [0, 0.05) is 12.0 Å². The minimum Gasteiger partial charge on any atom is -0.351 e. The Kier molecular flexibility index (Phi) is 7.00. The SMILES string of the molecule is CCC(C)(CC)NC(=O)CC1CCNC1.Cl. The molecule has 0 spiro atoms. The molecule has 0 radical (unpaired) electrons. The van der Waals surface area contributed by atoms with Gasteiger partial charge in [0.25, 0.3) is 0 Å². The first-order valence-corrected chi connectivity index (χ1v) is 6.11. The fourth-order valence-corrected chi connectivity index (χ4v) is 1.97. The smallest absolute Gasteiger partial charge is 0.220 e. The van der Waals surface area contributed by atoms with Gasteiger partial charge in [-0.25, -0.2) is 0 Å². The molecule has 0 bridgehead atoms. The molecule has 16 heavy (non-hydrogen) atoms. The summed E-state index contributed by atoms with van der Waals surface area (Å²) in [4.78, 5) is 11.8. The quantitative estimate of drug-likeness (QED) is 0.783. The minimum absolute atomic E-state index is 0. The van der Waals surface area contributed by atoms with E-state index < -0.39 is 0 Å². The number of hydrogen-bond acceptors (Lipinski definition) is 2. The van der Waals surface area contributed by atoms with E-state index in [-0.39, 0.29) is 23.9 Å². The molecule has 2 N–H and O–H groups in total. The molecule has 0 aromatic rings. The lowest BCUT2D eigenvalue weighted by Crippen LogP contribution is -2.45. The van der Waals surface area contributed by atoms with Gasteiger partial charge in [-0.2, -0.15) is 0 Å². The Balaban J connectivity index is 0.00000225. The Morgan fingerprint density at radius 3 is 2.50 bits per heavy atom. The Labute approximate surface area is 105 Å². The third-order valence-corrected chi connectivity index (χ3v) is 3.64. The standard InChI is InChI=1S/C12H24N2O.ClH/c1-4-12(3,5-2)14-11(15)8-10-6-7-13-9-10;/h10,13H,4-9H2,1-3H3,(H,14,15);1H. The molecule has 1 aliphatic rings. The molecule has 1 amide bonds. The van der Waals surface area contributed by atoms with Crippen molar-refractivity contribution in [1.29, 1.82) is 0 Å². The van der Waals surface area contributed by atoms with E-state index in [9.17, 15) is 4.79 Å². The van der Waals surface area contributed by atoms with Crippen LogP contribution < -0.4 is 10.6 Å². The number of halogens is 1. The van der Waals surface area contributed by atoms with E-state index in [4.69, 9.17) is 0 Å². The maximum Gasteiger partial charge on any atom is 0.220 e. The molecule has 1 fully saturated rings. The molecule has 0 aromatic heterocycles. The Hall–Kier alpha value is -0.280. The lowest BCUT2D eigenvalue weighted by atomic mass is 9.94. The number of carbonyl (C=O) groups is 1. The molecular weight excluding hydrogens is 224 g/mol. The van der Waals surface area contributed by atoms with E-state index in [0.29, 0.717) is 12.3 Å². The maximum absolute atomic E-state index is 11.8. The van der Waals surface area contributed by atoms with Crippen molar-refractivity contribution in [3.8, 4) is 0 Å². The van der Waals surface area contributed by atoms with Gasteiger partial charge >= 0.3 is 0 Å². The van der Waals surface area contributed by atoms with E-state index in [2.05, 4.69) is 31.4 Å². The third kappa shape index (κ3) is 4.71. The summed E-state index contributed by atoms with van der Waals surface area (Å²) in [6, 6.07) is 0. The highest BCUT2D eigenvalue weighted by molar-refractivity contribution is 5.85. The van der Waals surface area contributed by atoms with Crippen molar-refractivity contribution >= 4 is 18.3 Å². The van der Waals surface area contributed by atoms with Crippen molar-refractivity contribution in [1.82, 2.24) is 10.6 Å². The van der Waals surface area contributed by atoms with Gasteiger partial charge < -0.3 is 10.6 Å². The zero-order valence-corrected chi connectivity index (χ0v) is 11.5. The van der Waals surface area contributed by atoms with Crippen LogP contribution >= 0.6 is 12.4 Å². The Morgan fingerprint density at radius 1 is 1.44 bits per heavy atom. The summed E-state index contributed by atoms with van der Waals surface area (Å²) in [5, 5.41) is 6.44. The van der Waals surface area contributed by atoms with Crippen LogP contribution in [0.2, 0.25) is 0 Å². The monoisotopic (exact) mass is 248 g/mol. The van der Waals surface area contributed by atoms with Crippen molar-refractivity contribution in [3.05, 3.63) is 0 Å². The summed E-state index contributed by atoms with van der Waals surface area (Å²) >= 11 is 0. The molecule has 0 aromatic carbocycles. The number of carbonyl (C=O) groups excluding carboxylic acids is 1. The summed E-state index contributed by atoms with van der Waals surface area (Å²) in [6.45, 7) is 8.44. The van der Waals surface area contributed by atoms with Crippen LogP contribution in [-0.2, 0) is 4.79 Å². The predicted molar refractivity (Wildman–Crippen MR) is 70.0 cm³/mol. The molecule has 0 saturated carbocycles. The van der Waals surface area contributed by atoms with Gasteiger partial charge in [0.15, 0.2) is 0 Å². The van der Waals surface area contributed by atoms with Crippen LogP contribution in [0.1, 0.15) is 46.5 Å². The highest BCUT2D eigenvalue weighted by Gasteiger charge is 2.24. The van der Waals surface area contributed by atoms with Crippen LogP contribution in [-0.4, -0.2) is 24.5 Å². The molecule has 96 valence electrons. The molecule has 1 rings (SSSR count). The minimum atomic E-state index is -0.0108. The number of nitrogens with one attached hydrogen (secondary N) is 2. The third-order valence-electron chi connectivity index (χ3n) is 3.64. The largest absolute Gasteiger partial charge is 0.351 e. The summed E-state index contributed by atoms with van der Waals surface area (Å²) in [6.07, 6.45) is 3.82. The summed E-state index contributed by atoms with van der Waals surface area (Å²) in [5.74, 6) is 0.762. The highest BCUT2D eigenvalue weighted by Crippen LogP contribution is 2.16. The second kappa shape index (κ2) is 7.13. The summed E-state index contributed by atoms with van der Waals surface area (Å²) in [7, 11) is 0. The van der Waals surface area contributed by atoms with Crippen LogP contribution in [0.5, 0.6) is 0 Å². The zero-order chi connectivity index (χ0) is 11.3. The van der Waals surface area contributed by atoms with Crippen LogP contribution in [0.4, 0.5) is 0 Å². The number of rotatable bonds is 5. The molecule has 0 aliphatic carbocycles. The lowest BCUT2D eigenvalue weighted by Gasteiger charge is -2.28. The molecule has 3 nitrogen and oxygen atoms in total. The lowest BCUT2D eigenvalue weighted by molar-refractivity contribution is -0.123. The van der Waals surface area contributed by atoms with Crippen LogP contribution in [0.25, 0.3) is 0 Å². The van der Waals surface area contributed by atoms with Crippen LogP contribution in [0, 0.1) is 5.92 Å². The number of amides is 1. The van der Waals surface area contributed by atoms with Gasteiger partial charge in [-0.15, -0.1) is 12.4 Å². The van der Waals surface area contributed by atoms with Gasteiger partial charge in [0.05, 0.1) is 0 Å². The van der Waals surface area contributed by atoms with Gasteiger partial charge in [0.1, 0.15) is 0 Å². The Bertz CT molecular complexity index is 211. The van der Waals surface area contributed by atoms with Gasteiger partial charge in [-0.05, 0) is 45.2 Å². The van der Waals surface area contributed by atoms with E-state index in [1.165, 1.54) is 0 Å². The first-order chi connectivity index (χ1) is 7.09. The van der Waals surface area contributed by atoms with Gasteiger partial charge in [-0.1, -0.05) is 13.8 Å². The molecule has 4 heteroatoms. The zero-order valence-electron chi connectivity index (χ0n) is 10.6. The van der Waals surface area contributed by atoms with Gasteiger partial charge in [-0.3, -0.25) is 4.79 Å². The summed E-state index contributed by atoms with van der Waals surface area (Å²) in [5.41, 5.74) is -0.0108. The molecule has 1 heterocycles. The molecular formula is C12H25ClN2O. The second-order valence-electron chi connectivity index (χ2n) is 4.88. The first-order valence-electron chi connectivity index (χ1n) is 6.11. The van der Waals surface area contributed by atoms with E-state index >= 15 is 0 Å². The molecule has 1 aliphatic heterocycles. The van der Waals surface area contributed by atoms with Gasteiger partial charge in [0.2, 0.25) is 5.91 Å². The summed E-state index contributed by atoms with van der Waals surface area (Å²) < 4.78 is 0. The molecule has 1 unspecified atom stereocenters. The maximum atomic E-state index is 11.8. The normalized spacial score (nSPS) is 20.3. The molecule has 1 saturated heterocycles. The van der Waals surface area contributed by atoms with Crippen LogP contribution in [0.3, 0.4) is 0 Å². The van der Waals surface area contributed by atoms with E-state index in [0.717, 1.165) is 32.4 Å². The van der Waals surface area contributed by atoms with E-state index in [1.807, 2.05) is 0 Å². The van der Waals surface area contributed by atoms with Crippen molar-refractivity contribution in [2.75, 3.05) is 13.1 Å². The van der Waals surface area contributed by atoms with Crippen molar-refractivity contribution in [2.45, 2.75) is 52.0 Å². The fourth-order valence-electron chi connectivity index (χ4n) is 1.97. The Morgan fingerprint density at radius 2 is 2.06 bits per heavy atom. The van der Waals surface area contributed by atoms with Crippen molar-refractivity contribution in [2.24, 2.45) is 5.92 Å². The van der Waals surface area contributed by atoms with Crippen molar-refractivity contribution < 1.29 is 4.79 Å². The predicted octanol–water partition coefficient (Wildman–Crippen LogP) is 2.10. The second-order valence-corrected chi connectivity index (χ2v) is 4.88. The highest BCUT2D eigenvalue weighted by atomic mass is 35.5. The molecule has 1 atom stereocenters. The topological polar surface area (TPSA) is 41.1 Å². The average molecular weight is 249 g/mol. The average Bonchev–Trinajstić information content (AvgIpc) is 2.70.